The molecule has 5 N–H and O–H groups in total. The number of hydrogen-bond acceptors (Lipinski definition) is 5. The molecule has 2 rings (SSSR count). The van der Waals surface area contributed by atoms with Crippen LogP contribution in [0.25, 0.3) is 0 Å². The zero-order valence-electron chi connectivity index (χ0n) is 11.4. The van der Waals surface area contributed by atoms with E-state index in [9.17, 15) is 0 Å². The molecule has 0 saturated heterocycles. The van der Waals surface area contributed by atoms with Crippen molar-refractivity contribution in [3.8, 4) is 0 Å². The Morgan fingerprint density at radius 1 is 1.39 bits per heavy atom. The van der Waals surface area contributed by atoms with Gasteiger partial charge in [-0.3, -0.25) is 10.7 Å². The van der Waals surface area contributed by atoms with Crippen LogP contribution in [0.3, 0.4) is 0 Å². The molecule has 1 aliphatic heterocycles. The number of rotatable bonds is 3. The summed E-state index contributed by atoms with van der Waals surface area (Å²) < 4.78 is 0. The first kappa shape index (κ1) is 13.4. The molecule has 0 aromatic rings. The van der Waals surface area contributed by atoms with Gasteiger partial charge in [0.15, 0.2) is 5.79 Å². The Morgan fingerprint density at radius 3 is 2.61 bits per heavy atom. The first-order valence-corrected chi connectivity index (χ1v) is 6.75. The molecule has 1 unspecified atom stereocenters. The highest BCUT2D eigenvalue weighted by Crippen LogP contribution is 2.34. The third-order valence-corrected chi connectivity index (χ3v) is 4.13. The van der Waals surface area contributed by atoms with Gasteiger partial charge < -0.3 is 16.0 Å². The standard InChI is InChI=1S/C13H25N5/c1-18(2)12-7-8-16-13(15,17-12)11-5-3-10(9-14)4-6-11/h7-8,10-11,17H,3-6,9,14-15H2,1-2H3. The van der Waals surface area contributed by atoms with Gasteiger partial charge in [0.25, 0.3) is 0 Å². The van der Waals surface area contributed by atoms with Gasteiger partial charge >= 0.3 is 0 Å². The van der Waals surface area contributed by atoms with E-state index in [1.54, 1.807) is 0 Å². The fourth-order valence-corrected chi connectivity index (χ4v) is 2.82. The number of allylic oxidation sites excluding steroid dienone is 1. The SMILES string of the molecule is CN(C)C1=CC=NC(N)(C2CCC(CN)CC2)N1. The molecule has 2 aliphatic rings. The molecule has 1 atom stereocenters. The molecule has 0 amide bonds. The summed E-state index contributed by atoms with van der Waals surface area (Å²) in [5.74, 6) is 1.43. The summed E-state index contributed by atoms with van der Waals surface area (Å²) in [5, 5.41) is 3.37. The Kier molecular flexibility index (Phi) is 3.92. The summed E-state index contributed by atoms with van der Waals surface area (Å²) in [6.07, 6.45) is 8.31. The van der Waals surface area contributed by atoms with E-state index in [2.05, 4.69) is 10.3 Å². The maximum Gasteiger partial charge on any atom is 0.186 e. The van der Waals surface area contributed by atoms with E-state index >= 15 is 0 Å². The quantitative estimate of drug-likeness (QED) is 0.680. The highest BCUT2D eigenvalue weighted by molar-refractivity contribution is 5.73. The zero-order valence-corrected chi connectivity index (χ0v) is 11.4. The Bertz CT molecular complexity index is 341. The lowest BCUT2D eigenvalue weighted by atomic mass is 9.78. The van der Waals surface area contributed by atoms with Crippen molar-refractivity contribution < 1.29 is 0 Å². The number of nitrogens with zero attached hydrogens (tertiary/aromatic N) is 2. The molecule has 1 heterocycles. The van der Waals surface area contributed by atoms with Crippen molar-refractivity contribution in [2.45, 2.75) is 31.5 Å². The van der Waals surface area contributed by atoms with Gasteiger partial charge in [0.2, 0.25) is 0 Å². The smallest absolute Gasteiger partial charge is 0.186 e. The molecule has 5 heteroatoms. The highest BCUT2D eigenvalue weighted by atomic mass is 15.3. The van der Waals surface area contributed by atoms with Crippen LogP contribution in [0.1, 0.15) is 25.7 Å². The molecule has 5 nitrogen and oxygen atoms in total. The van der Waals surface area contributed by atoms with Gasteiger partial charge in [-0.1, -0.05) is 0 Å². The minimum absolute atomic E-state index is 0.389. The van der Waals surface area contributed by atoms with Crippen LogP contribution in [0.5, 0.6) is 0 Å². The van der Waals surface area contributed by atoms with Crippen molar-refractivity contribution in [1.82, 2.24) is 10.2 Å². The number of nitrogens with one attached hydrogen (secondary N) is 1. The summed E-state index contributed by atoms with van der Waals surface area (Å²) in [6, 6.07) is 0. The topological polar surface area (TPSA) is 79.7 Å². The van der Waals surface area contributed by atoms with E-state index in [4.69, 9.17) is 11.5 Å². The molecule has 0 aromatic carbocycles. The molecule has 0 bridgehead atoms. The van der Waals surface area contributed by atoms with Crippen LogP contribution in [-0.4, -0.2) is 37.5 Å². The normalized spacial score (nSPS) is 35.9. The maximum atomic E-state index is 6.44. The van der Waals surface area contributed by atoms with Crippen molar-refractivity contribution in [3.63, 3.8) is 0 Å². The lowest BCUT2D eigenvalue weighted by molar-refractivity contribution is 0.149. The lowest BCUT2D eigenvalue weighted by Gasteiger charge is -2.42. The fourth-order valence-electron chi connectivity index (χ4n) is 2.82. The first-order valence-electron chi connectivity index (χ1n) is 6.75. The Hall–Kier alpha value is -1.07. The van der Waals surface area contributed by atoms with E-state index in [-0.39, 0.29) is 0 Å². The summed E-state index contributed by atoms with van der Waals surface area (Å²) >= 11 is 0. The van der Waals surface area contributed by atoms with Crippen LogP contribution in [0.4, 0.5) is 0 Å². The second kappa shape index (κ2) is 5.28. The van der Waals surface area contributed by atoms with Gasteiger partial charge in [-0.15, -0.1) is 0 Å². The number of hydrogen-bond donors (Lipinski definition) is 3. The lowest BCUT2D eigenvalue weighted by Crippen LogP contribution is -2.60. The van der Waals surface area contributed by atoms with Crippen LogP contribution in [0.2, 0.25) is 0 Å². The highest BCUT2D eigenvalue weighted by Gasteiger charge is 2.38. The van der Waals surface area contributed by atoms with Gasteiger partial charge in [-0.2, -0.15) is 0 Å². The molecular weight excluding hydrogens is 226 g/mol. The van der Waals surface area contributed by atoms with E-state index in [1.165, 1.54) is 12.8 Å². The third-order valence-electron chi connectivity index (χ3n) is 4.13. The zero-order chi connectivity index (χ0) is 13.2. The molecule has 0 spiro atoms. The Balaban J connectivity index is 2.01. The Morgan fingerprint density at radius 2 is 2.06 bits per heavy atom. The van der Waals surface area contributed by atoms with Crippen LogP contribution >= 0.6 is 0 Å². The predicted octanol–water partition coefficient (Wildman–Crippen LogP) is 0.441. The minimum Gasteiger partial charge on any atom is -0.364 e. The molecule has 0 radical (unpaired) electrons. The van der Waals surface area contributed by atoms with Crippen LogP contribution < -0.4 is 16.8 Å². The van der Waals surface area contributed by atoms with Gasteiger partial charge in [-0.25, -0.2) is 0 Å². The van der Waals surface area contributed by atoms with Crippen LogP contribution in [0, 0.1) is 11.8 Å². The molecule has 1 fully saturated rings. The molecule has 1 aliphatic carbocycles. The van der Waals surface area contributed by atoms with Gasteiger partial charge in [-0.05, 0) is 44.2 Å². The summed E-state index contributed by atoms with van der Waals surface area (Å²) in [5.41, 5.74) is 12.2. The maximum absolute atomic E-state index is 6.44. The third kappa shape index (κ3) is 2.67. The molecule has 1 saturated carbocycles. The average Bonchev–Trinajstić information content (AvgIpc) is 2.39. The fraction of sp³-hybridized carbons (Fsp3) is 0.769. The van der Waals surface area contributed by atoms with Crippen molar-refractivity contribution in [2.75, 3.05) is 20.6 Å². The van der Waals surface area contributed by atoms with Crippen molar-refractivity contribution >= 4 is 6.21 Å². The number of aliphatic imine (C=N–C) groups is 1. The van der Waals surface area contributed by atoms with E-state index in [0.717, 1.165) is 25.2 Å². The second-order valence-corrected chi connectivity index (χ2v) is 5.63. The van der Waals surface area contributed by atoms with E-state index in [1.807, 2.05) is 31.3 Å². The number of nitrogens with two attached hydrogens (primary N) is 2. The molecule has 18 heavy (non-hydrogen) atoms. The first-order chi connectivity index (χ1) is 8.55. The summed E-state index contributed by atoms with van der Waals surface area (Å²) in [4.78, 5) is 6.50. The van der Waals surface area contributed by atoms with Crippen LogP contribution in [-0.2, 0) is 0 Å². The van der Waals surface area contributed by atoms with Crippen molar-refractivity contribution in [1.29, 1.82) is 0 Å². The van der Waals surface area contributed by atoms with Crippen molar-refractivity contribution in [2.24, 2.45) is 28.3 Å². The van der Waals surface area contributed by atoms with E-state index < -0.39 is 5.79 Å². The van der Waals surface area contributed by atoms with Crippen LogP contribution in [0.15, 0.2) is 16.9 Å². The Labute approximate surface area is 109 Å². The predicted molar refractivity (Wildman–Crippen MR) is 74.8 cm³/mol. The monoisotopic (exact) mass is 251 g/mol. The average molecular weight is 251 g/mol. The minimum atomic E-state index is -0.645. The summed E-state index contributed by atoms with van der Waals surface area (Å²) in [7, 11) is 4.01. The van der Waals surface area contributed by atoms with Gasteiger partial charge in [0.1, 0.15) is 5.82 Å². The van der Waals surface area contributed by atoms with Crippen molar-refractivity contribution in [3.05, 3.63) is 11.9 Å². The largest absolute Gasteiger partial charge is 0.364 e. The van der Waals surface area contributed by atoms with Gasteiger partial charge in [0.05, 0.1) is 0 Å². The summed E-state index contributed by atoms with van der Waals surface area (Å²) in [6.45, 7) is 0.795. The molecular formula is C13H25N5. The van der Waals surface area contributed by atoms with Gasteiger partial charge in [0, 0.05) is 26.2 Å². The molecule has 102 valence electrons. The second-order valence-electron chi connectivity index (χ2n) is 5.63. The van der Waals surface area contributed by atoms with E-state index in [0.29, 0.717) is 11.8 Å². The molecule has 0 aromatic heterocycles.